The van der Waals surface area contributed by atoms with Crippen LogP contribution >= 0.6 is 0 Å². The molecule has 0 saturated carbocycles. The number of nitrogens with two attached hydrogens (primary N) is 1. The number of esters is 1. The van der Waals surface area contributed by atoms with Crippen LogP contribution in [0.25, 0.3) is 0 Å². The summed E-state index contributed by atoms with van der Waals surface area (Å²) in [5.74, 6) is -4.35. The van der Waals surface area contributed by atoms with Gasteiger partial charge in [0.2, 0.25) is 23.6 Å². The number of amides is 4. The highest BCUT2D eigenvalue weighted by molar-refractivity contribution is 5.94. The van der Waals surface area contributed by atoms with Crippen LogP contribution in [0.15, 0.2) is 30.3 Å². The Morgan fingerprint density at radius 2 is 1.55 bits per heavy atom. The second-order valence-corrected chi connectivity index (χ2v) is 9.74. The van der Waals surface area contributed by atoms with Gasteiger partial charge in [0.1, 0.15) is 18.1 Å². The van der Waals surface area contributed by atoms with E-state index in [0.29, 0.717) is 0 Å². The van der Waals surface area contributed by atoms with Crippen molar-refractivity contribution < 1.29 is 38.6 Å². The van der Waals surface area contributed by atoms with E-state index in [0.717, 1.165) is 5.56 Å². The first-order chi connectivity index (χ1) is 18.8. The molecule has 0 saturated heterocycles. The summed E-state index contributed by atoms with van der Waals surface area (Å²) >= 11 is 0. The van der Waals surface area contributed by atoms with Crippen LogP contribution in [-0.2, 0) is 39.9 Å². The van der Waals surface area contributed by atoms with Gasteiger partial charge in [0.05, 0.1) is 19.2 Å². The Balaban J connectivity index is 2.72. The van der Waals surface area contributed by atoms with Crippen LogP contribution in [0.5, 0.6) is 0 Å². The average molecular weight is 564 g/mol. The molecular formula is C27H41N5O8. The minimum absolute atomic E-state index is 0.00775. The van der Waals surface area contributed by atoms with Crippen LogP contribution in [0.3, 0.4) is 0 Å². The van der Waals surface area contributed by atoms with E-state index in [1.54, 1.807) is 37.3 Å². The molecule has 0 aliphatic rings. The smallest absolute Gasteiger partial charge is 0.326 e. The van der Waals surface area contributed by atoms with Crippen LogP contribution in [0.1, 0.15) is 52.5 Å². The molecule has 4 atom stereocenters. The fourth-order valence-corrected chi connectivity index (χ4v) is 3.61. The number of aliphatic carboxylic acids is 1. The highest BCUT2D eigenvalue weighted by atomic mass is 16.5. The van der Waals surface area contributed by atoms with E-state index in [9.17, 15) is 33.9 Å². The van der Waals surface area contributed by atoms with Crippen molar-refractivity contribution in [2.75, 3.05) is 13.2 Å². The maximum absolute atomic E-state index is 13.0. The second-order valence-electron chi connectivity index (χ2n) is 9.74. The van der Waals surface area contributed by atoms with Crippen LogP contribution in [0.2, 0.25) is 0 Å². The molecule has 13 heteroatoms. The quantitative estimate of drug-likeness (QED) is 0.136. The zero-order valence-corrected chi connectivity index (χ0v) is 23.4. The highest BCUT2D eigenvalue weighted by Gasteiger charge is 2.28. The fourth-order valence-electron chi connectivity index (χ4n) is 3.61. The lowest BCUT2D eigenvalue weighted by molar-refractivity contribution is -0.143. The van der Waals surface area contributed by atoms with Gasteiger partial charge < -0.3 is 36.8 Å². The number of hydrogen-bond acceptors (Lipinski definition) is 8. The molecule has 222 valence electrons. The Bertz CT molecular complexity index is 1020. The van der Waals surface area contributed by atoms with Gasteiger partial charge in [-0.3, -0.25) is 24.0 Å². The van der Waals surface area contributed by atoms with Gasteiger partial charge in [-0.05, 0) is 38.2 Å². The van der Waals surface area contributed by atoms with Crippen molar-refractivity contribution in [1.29, 1.82) is 0 Å². The van der Waals surface area contributed by atoms with E-state index in [1.807, 2.05) is 13.8 Å². The predicted molar refractivity (Wildman–Crippen MR) is 146 cm³/mol. The van der Waals surface area contributed by atoms with Gasteiger partial charge in [0, 0.05) is 12.8 Å². The van der Waals surface area contributed by atoms with E-state index < -0.39 is 66.3 Å². The maximum atomic E-state index is 13.0. The van der Waals surface area contributed by atoms with Gasteiger partial charge in [0.25, 0.3) is 0 Å². The maximum Gasteiger partial charge on any atom is 0.326 e. The number of hydrogen-bond donors (Lipinski definition) is 6. The number of rotatable bonds is 17. The fraction of sp³-hybridized carbons (Fsp3) is 0.556. The minimum Gasteiger partial charge on any atom is -0.480 e. The Morgan fingerprint density at radius 3 is 2.12 bits per heavy atom. The van der Waals surface area contributed by atoms with Crippen LogP contribution in [-0.4, -0.2) is 78.0 Å². The molecule has 0 bridgehead atoms. The molecule has 0 radical (unpaired) electrons. The highest BCUT2D eigenvalue weighted by Crippen LogP contribution is 2.08. The monoisotopic (exact) mass is 563 g/mol. The molecule has 7 N–H and O–H groups in total. The van der Waals surface area contributed by atoms with Crippen molar-refractivity contribution >= 4 is 35.6 Å². The molecule has 0 spiro atoms. The largest absolute Gasteiger partial charge is 0.480 e. The normalized spacial score (nSPS) is 13.8. The standard InChI is InChI=1S/C27H41N5O8/c1-5-40-23(34)12-11-19(28)25(36)30-17(4)24(35)29-15-22(33)31-20(14-18-9-7-6-8-10-18)26(37)32-21(27(38)39)13-16(2)3/h6-10,16-17,19-21H,5,11-15,28H2,1-4H3,(H,29,35)(H,30,36)(H,31,33)(H,32,37)(H,38,39)/t17-,19+,20+,21-/m1/s1. The van der Waals surface area contributed by atoms with E-state index in [-0.39, 0.29) is 38.2 Å². The number of carboxylic acid groups (broad SMARTS) is 1. The summed E-state index contributed by atoms with van der Waals surface area (Å²) in [6.07, 6.45) is 0.285. The minimum atomic E-state index is -1.18. The lowest BCUT2D eigenvalue weighted by Gasteiger charge is -2.23. The molecule has 40 heavy (non-hydrogen) atoms. The topological polar surface area (TPSA) is 206 Å². The summed E-state index contributed by atoms with van der Waals surface area (Å²) in [6.45, 7) is 6.43. The van der Waals surface area contributed by atoms with E-state index in [2.05, 4.69) is 21.3 Å². The lowest BCUT2D eigenvalue weighted by Crippen LogP contribution is -2.55. The molecular weight excluding hydrogens is 522 g/mol. The summed E-state index contributed by atoms with van der Waals surface area (Å²) in [5.41, 5.74) is 6.50. The molecule has 1 aromatic carbocycles. The van der Waals surface area contributed by atoms with Gasteiger partial charge >= 0.3 is 11.9 Å². The molecule has 1 aromatic rings. The van der Waals surface area contributed by atoms with Gasteiger partial charge in [-0.25, -0.2) is 4.79 Å². The summed E-state index contributed by atoms with van der Waals surface area (Å²) in [7, 11) is 0. The molecule has 1 rings (SSSR count). The third-order valence-electron chi connectivity index (χ3n) is 5.73. The lowest BCUT2D eigenvalue weighted by atomic mass is 10.0. The number of ether oxygens (including phenoxy) is 1. The molecule has 0 unspecified atom stereocenters. The van der Waals surface area contributed by atoms with Crippen molar-refractivity contribution in [3.8, 4) is 0 Å². The summed E-state index contributed by atoms with van der Waals surface area (Å²) < 4.78 is 4.79. The Hall–Kier alpha value is -4.00. The van der Waals surface area contributed by atoms with E-state index in [4.69, 9.17) is 10.5 Å². The summed E-state index contributed by atoms with van der Waals surface area (Å²) in [4.78, 5) is 73.3. The number of carboxylic acids is 1. The average Bonchev–Trinajstić information content (AvgIpc) is 2.89. The summed E-state index contributed by atoms with van der Waals surface area (Å²) in [6, 6.07) is 4.55. The van der Waals surface area contributed by atoms with Gasteiger partial charge in [0.15, 0.2) is 0 Å². The first-order valence-electron chi connectivity index (χ1n) is 13.2. The molecule has 4 amide bonds. The number of carbonyl (C=O) groups is 6. The molecule has 0 fully saturated rings. The predicted octanol–water partition coefficient (Wildman–Crippen LogP) is -0.379. The molecule has 0 aliphatic carbocycles. The van der Waals surface area contributed by atoms with Crippen LogP contribution < -0.4 is 27.0 Å². The van der Waals surface area contributed by atoms with Gasteiger partial charge in [-0.2, -0.15) is 0 Å². The Kier molecular flexibility index (Phi) is 14.9. The first kappa shape index (κ1) is 34.0. The van der Waals surface area contributed by atoms with Crippen molar-refractivity contribution in [3.63, 3.8) is 0 Å². The SMILES string of the molecule is CCOC(=O)CC[C@H](N)C(=O)N[C@H](C)C(=O)NCC(=O)N[C@@H](Cc1ccccc1)C(=O)N[C@H](CC(C)C)C(=O)O. The van der Waals surface area contributed by atoms with E-state index >= 15 is 0 Å². The van der Waals surface area contributed by atoms with Gasteiger partial charge in [-0.1, -0.05) is 44.2 Å². The Labute approximate surface area is 234 Å². The molecule has 0 heterocycles. The summed E-state index contributed by atoms with van der Waals surface area (Å²) in [5, 5.41) is 19.3. The third-order valence-corrected chi connectivity index (χ3v) is 5.73. The number of carbonyl (C=O) groups excluding carboxylic acids is 5. The third kappa shape index (κ3) is 13.2. The number of benzene rings is 1. The van der Waals surface area contributed by atoms with Crippen molar-refractivity contribution in [2.45, 2.75) is 77.5 Å². The van der Waals surface area contributed by atoms with Crippen molar-refractivity contribution in [3.05, 3.63) is 35.9 Å². The second kappa shape index (κ2) is 17.6. The van der Waals surface area contributed by atoms with E-state index in [1.165, 1.54) is 6.92 Å². The van der Waals surface area contributed by atoms with Crippen LogP contribution in [0, 0.1) is 5.92 Å². The number of nitrogens with one attached hydrogen (secondary N) is 4. The van der Waals surface area contributed by atoms with Crippen molar-refractivity contribution in [1.82, 2.24) is 21.3 Å². The van der Waals surface area contributed by atoms with Crippen LogP contribution in [0.4, 0.5) is 0 Å². The molecule has 0 aliphatic heterocycles. The molecule has 0 aromatic heterocycles. The Morgan fingerprint density at radius 1 is 0.900 bits per heavy atom. The first-order valence-corrected chi connectivity index (χ1v) is 13.2. The molecule has 13 nitrogen and oxygen atoms in total. The zero-order chi connectivity index (χ0) is 30.2. The zero-order valence-electron chi connectivity index (χ0n) is 23.4. The van der Waals surface area contributed by atoms with Gasteiger partial charge in [-0.15, -0.1) is 0 Å². The van der Waals surface area contributed by atoms with Crippen molar-refractivity contribution in [2.24, 2.45) is 11.7 Å².